The lowest BCUT2D eigenvalue weighted by Gasteiger charge is -2.32. The summed E-state index contributed by atoms with van der Waals surface area (Å²) in [6.07, 6.45) is 7.99. The van der Waals surface area contributed by atoms with Crippen molar-refractivity contribution in [2.45, 2.75) is 94.2 Å². The van der Waals surface area contributed by atoms with Crippen molar-refractivity contribution in [2.24, 2.45) is 17.8 Å². The molecule has 7 atom stereocenters. The fraction of sp³-hybridized carbons (Fsp3) is 0.528. The number of nitrogens with zero attached hydrogens (tertiary/aromatic N) is 4. The van der Waals surface area contributed by atoms with Gasteiger partial charge in [0.1, 0.15) is 50.9 Å². The lowest BCUT2D eigenvalue weighted by atomic mass is 9.88. The number of sulfonamides is 1. The quantitative estimate of drug-likeness (QED) is 0.238. The summed E-state index contributed by atoms with van der Waals surface area (Å²) in [6.45, 7) is 5.36. The Balaban J connectivity index is 1.22. The second-order valence-corrected chi connectivity index (χ2v) is 19.1. The van der Waals surface area contributed by atoms with Crippen molar-refractivity contribution < 1.29 is 37.4 Å². The number of carboxylic acid groups (broad SMARTS) is 1. The van der Waals surface area contributed by atoms with Crippen LogP contribution in [0.4, 0.5) is 4.79 Å². The van der Waals surface area contributed by atoms with Crippen LogP contribution in [0.1, 0.15) is 65.7 Å². The van der Waals surface area contributed by atoms with E-state index < -0.39 is 74.1 Å². The standard InChI is InChI=1S/C36H43N7O8S3/c1-20-6-4-5-7-22-18-36(22,33(46)42-54(49,50)35(3)8-9-35)41-29(44)27-17-24(19-43(27)32(45)28(21(2)14-20)40-34(47)48)51-23-15-25(30-37-10-12-52-30)39-26(16-23)31-38-11-13-53-31/h5,7,10-13,15-16,20-22,24,27-28,40H,4,6,8-9,14,17-19H2,1-3H3,(H,41,44)(H,42,46)(H,47,48)/t20-,21-,22-,24-,27+,28+,36-/m1/s1. The molecule has 1 saturated heterocycles. The van der Waals surface area contributed by atoms with Crippen molar-refractivity contribution in [3.8, 4) is 27.2 Å². The third kappa shape index (κ3) is 7.73. The number of aromatic nitrogens is 3. The highest BCUT2D eigenvalue weighted by Gasteiger charge is 2.63. The van der Waals surface area contributed by atoms with Gasteiger partial charge in [0.25, 0.3) is 5.91 Å². The molecule has 0 bridgehead atoms. The molecule has 0 unspecified atom stereocenters. The van der Waals surface area contributed by atoms with Gasteiger partial charge in [0.15, 0.2) is 0 Å². The van der Waals surface area contributed by atoms with Gasteiger partial charge in [0.05, 0.1) is 11.3 Å². The van der Waals surface area contributed by atoms with Crippen LogP contribution < -0.4 is 20.1 Å². The average Bonchev–Trinajstić information content (AvgIpc) is 3.68. The van der Waals surface area contributed by atoms with E-state index in [2.05, 4.69) is 25.3 Å². The van der Waals surface area contributed by atoms with E-state index in [0.29, 0.717) is 52.8 Å². The molecule has 288 valence electrons. The Morgan fingerprint density at radius 1 is 1.06 bits per heavy atom. The van der Waals surface area contributed by atoms with Gasteiger partial charge in [-0.2, -0.15) is 0 Å². The second kappa shape index (κ2) is 14.7. The Labute approximate surface area is 321 Å². The number of rotatable bonds is 8. The molecule has 7 rings (SSSR count). The Morgan fingerprint density at radius 2 is 1.72 bits per heavy atom. The van der Waals surface area contributed by atoms with E-state index in [0.717, 1.165) is 6.42 Å². The third-order valence-corrected chi connectivity index (χ3v) is 14.7. The highest BCUT2D eigenvalue weighted by atomic mass is 32.2. The van der Waals surface area contributed by atoms with E-state index in [1.165, 1.54) is 27.6 Å². The van der Waals surface area contributed by atoms with Crippen molar-refractivity contribution in [1.82, 2.24) is 35.2 Å². The number of hydrogen-bond acceptors (Lipinski definition) is 12. The smallest absolute Gasteiger partial charge is 0.405 e. The molecule has 2 aliphatic carbocycles. The molecular weight excluding hydrogens is 755 g/mol. The molecule has 4 N–H and O–H groups in total. The largest absolute Gasteiger partial charge is 0.488 e. The third-order valence-electron chi connectivity index (χ3n) is 10.9. The minimum atomic E-state index is -4.01. The summed E-state index contributed by atoms with van der Waals surface area (Å²) in [6, 6.07) is 1.13. The zero-order valence-electron chi connectivity index (χ0n) is 30.1. The Bertz CT molecular complexity index is 2000. The van der Waals surface area contributed by atoms with Crippen molar-refractivity contribution in [3.05, 3.63) is 47.4 Å². The molecule has 0 aromatic carbocycles. The van der Waals surface area contributed by atoms with E-state index in [1.807, 2.05) is 36.8 Å². The molecule has 4 aliphatic rings. The summed E-state index contributed by atoms with van der Waals surface area (Å²) in [5.74, 6) is -2.43. The first-order chi connectivity index (χ1) is 25.7. The van der Waals surface area contributed by atoms with Crippen LogP contribution >= 0.6 is 22.7 Å². The number of fused-ring (bicyclic) bond motifs is 2. The van der Waals surface area contributed by atoms with Crippen LogP contribution in [-0.4, -0.2) is 92.2 Å². The van der Waals surface area contributed by atoms with Crippen LogP contribution in [0, 0.1) is 17.8 Å². The molecule has 3 aromatic heterocycles. The van der Waals surface area contributed by atoms with Gasteiger partial charge in [0.2, 0.25) is 21.8 Å². The van der Waals surface area contributed by atoms with E-state index in [9.17, 15) is 32.7 Å². The normalized spacial score (nSPS) is 29.5. The summed E-state index contributed by atoms with van der Waals surface area (Å²) in [5.41, 5.74) is -0.439. The summed E-state index contributed by atoms with van der Waals surface area (Å²) in [7, 11) is -4.01. The number of ether oxygens (including phenoxy) is 1. The number of pyridine rings is 1. The number of nitrogens with one attached hydrogen (secondary N) is 3. The lowest BCUT2D eigenvalue weighted by Crippen LogP contribution is -2.59. The number of carbonyl (C=O) groups excluding carboxylic acids is 3. The molecule has 3 fully saturated rings. The topological polar surface area (TPSA) is 210 Å². The summed E-state index contributed by atoms with van der Waals surface area (Å²) < 4.78 is 34.0. The van der Waals surface area contributed by atoms with E-state index >= 15 is 0 Å². The molecule has 4 amide bonds. The van der Waals surface area contributed by atoms with E-state index in [-0.39, 0.29) is 25.3 Å². The zero-order valence-corrected chi connectivity index (χ0v) is 32.5. The van der Waals surface area contributed by atoms with Gasteiger partial charge >= 0.3 is 6.09 Å². The van der Waals surface area contributed by atoms with Gasteiger partial charge in [-0.25, -0.2) is 28.2 Å². The number of thiazole rings is 2. The number of carbonyl (C=O) groups is 4. The maximum absolute atomic E-state index is 14.5. The molecule has 0 spiro atoms. The van der Waals surface area contributed by atoms with Gasteiger partial charge in [0, 0.05) is 47.6 Å². The number of hydrogen-bond donors (Lipinski definition) is 4. The van der Waals surface area contributed by atoms with Crippen molar-refractivity contribution in [3.63, 3.8) is 0 Å². The van der Waals surface area contributed by atoms with Gasteiger partial charge in [-0.05, 0) is 57.3 Å². The molecule has 3 aromatic rings. The Hall–Kier alpha value is -4.42. The second-order valence-electron chi connectivity index (χ2n) is 15.1. The maximum atomic E-state index is 14.5. The molecule has 2 aliphatic heterocycles. The predicted octanol–water partition coefficient (Wildman–Crippen LogP) is 4.20. The van der Waals surface area contributed by atoms with Crippen LogP contribution in [-0.2, 0) is 24.4 Å². The van der Waals surface area contributed by atoms with Gasteiger partial charge in [-0.15, -0.1) is 22.7 Å². The minimum Gasteiger partial charge on any atom is -0.488 e. The fourth-order valence-corrected chi connectivity index (χ4v) is 9.92. The zero-order chi connectivity index (χ0) is 38.4. The van der Waals surface area contributed by atoms with E-state index in [4.69, 9.17) is 9.72 Å². The molecule has 5 heterocycles. The molecule has 0 radical (unpaired) electrons. The SMILES string of the molecule is C[C@@H]1CCC=C[C@@H]2C[C@@]2(C(=O)NS(=O)(=O)C2(C)CC2)NC(=O)[C@@H]2C[C@@H](Oc3cc(-c4nccs4)nc(-c4nccs4)c3)CN2C(=O)[C@@H](NC(=O)O)[C@H](C)C1. The van der Waals surface area contributed by atoms with Gasteiger partial charge in [-0.1, -0.05) is 26.0 Å². The maximum Gasteiger partial charge on any atom is 0.405 e. The number of amides is 4. The molecule has 15 nitrogen and oxygen atoms in total. The van der Waals surface area contributed by atoms with Crippen LogP contribution in [0.3, 0.4) is 0 Å². The summed E-state index contributed by atoms with van der Waals surface area (Å²) in [4.78, 5) is 69.6. The Morgan fingerprint density at radius 3 is 2.31 bits per heavy atom. The van der Waals surface area contributed by atoms with Crippen LogP contribution in [0.25, 0.3) is 21.4 Å². The van der Waals surface area contributed by atoms with E-state index in [1.54, 1.807) is 31.5 Å². The monoisotopic (exact) mass is 797 g/mol. The minimum absolute atomic E-state index is 0.0121. The van der Waals surface area contributed by atoms with Crippen molar-refractivity contribution in [2.75, 3.05) is 6.54 Å². The average molecular weight is 798 g/mol. The van der Waals surface area contributed by atoms with Crippen LogP contribution in [0.5, 0.6) is 5.75 Å². The van der Waals surface area contributed by atoms with Crippen LogP contribution in [0.2, 0.25) is 0 Å². The molecule has 2 saturated carbocycles. The molecular formula is C36H43N7O8S3. The first-order valence-corrected chi connectivity index (χ1v) is 21.3. The van der Waals surface area contributed by atoms with Gasteiger partial charge in [-0.3, -0.25) is 19.1 Å². The first-order valence-electron chi connectivity index (χ1n) is 18.0. The number of allylic oxidation sites excluding steroid dienone is 1. The van der Waals surface area contributed by atoms with Crippen molar-refractivity contribution >= 4 is 56.5 Å². The van der Waals surface area contributed by atoms with Crippen LogP contribution in [0.15, 0.2) is 47.4 Å². The van der Waals surface area contributed by atoms with Crippen molar-refractivity contribution in [1.29, 1.82) is 0 Å². The molecule has 18 heteroatoms. The van der Waals surface area contributed by atoms with Gasteiger partial charge < -0.3 is 25.4 Å². The summed E-state index contributed by atoms with van der Waals surface area (Å²) >= 11 is 2.81. The molecule has 54 heavy (non-hydrogen) atoms. The highest BCUT2D eigenvalue weighted by Crippen LogP contribution is 2.47. The lowest BCUT2D eigenvalue weighted by molar-refractivity contribution is -0.142. The fourth-order valence-electron chi connectivity index (χ4n) is 7.41. The Kier molecular flexibility index (Phi) is 10.3. The predicted molar refractivity (Wildman–Crippen MR) is 201 cm³/mol. The first kappa shape index (κ1) is 37.9. The highest BCUT2D eigenvalue weighted by molar-refractivity contribution is 7.91. The summed E-state index contributed by atoms with van der Waals surface area (Å²) in [5, 5.41) is 20.1.